The molecule has 0 unspecified atom stereocenters. The smallest absolute Gasteiger partial charge is 0.270 e. The lowest BCUT2D eigenvalue weighted by Gasteiger charge is -2.16. The normalized spacial score (nSPS) is 10.4. The predicted octanol–water partition coefficient (Wildman–Crippen LogP) is 3.19. The van der Waals surface area contributed by atoms with Crippen molar-refractivity contribution < 1.29 is 9.18 Å². The first kappa shape index (κ1) is 12.8. The SMILES string of the molecule is CN(Cc1ccc(F)cc1)C(=O)c1cc(Br)c[nH]1. The van der Waals surface area contributed by atoms with Crippen LogP contribution in [-0.4, -0.2) is 22.8 Å². The van der Waals surface area contributed by atoms with Crippen molar-refractivity contribution in [3.05, 3.63) is 58.1 Å². The molecule has 18 heavy (non-hydrogen) atoms. The number of amides is 1. The molecule has 94 valence electrons. The van der Waals surface area contributed by atoms with Gasteiger partial charge >= 0.3 is 0 Å². The van der Waals surface area contributed by atoms with E-state index in [1.807, 2.05) is 0 Å². The fourth-order valence-electron chi connectivity index (χ4n) is 1.63. The Morgan fingerprint density at radius 1 is 1.39 bits per heavy atom. The zero-order valence-electron chi connectivity index (χ0n) is 9.78. The molecular formula is C13H12BrFN2O. The van der Waals surface area contributed by atoms with Crippen LogP contribution in [0.1, 0.15) is 16.1 Å². The fourth-order valence-corrected chi connectivity index (χ4v) is 1.98. The largest absolute Gasteiger partial charge is 0.356 e. The van der Waals surface area contributed by atoms with Crippen LogP contribution in [-0.2, 0) is 6.54 Å². The van der Waals surface area contributed by atoms with Crippen molar-refractivity contribution >= 4 is 21.8 Å². The number of rotatable bonds is 3. The molecule has 0 spiro atoms. The topological polar surface area (TPSA) is 36.1 Å². The number of H-pyrrole nitrogens is 1. The van der Waals surface area contributed by atoms with E-state index in [9.17, 15) is 9.18 Å². The van der Waals surface area contributed by atoms with Gasteiger partial charge in [0.05, 0.1) is 0 Å². The van der Waals surface area contributed by atoms with Gasteiger partial charge in [-0.1, -0.05) is 12.1 Å². The van der Waals surface area contributed by atoms with Crippen LogP contribution in [0.25, 0.3) is 0 Å². The fraction of sp³-hybridized carbons (Fsp3) is 0.154. The van der Waals surface area contributed by atoms with E-state index in [2.05, 4.69) is 20.9 Å². The summed E-state index contributed by atoms with van der Waals surface area (Å²) in [6.45, 7) is 0.440. The molecule has 2 aromatic rings. The van der Waals surface area contributed by atoms with E-state index in [0.717, 1.165) is 10.0 Å². The molecule has 1 N–H and O–H groups in total. The lowest BCUT2D eigenvalue weighted by atomic mass is 10.2. The van der Waals surface area contributed by atoms with Gasteiger partial charge in [0.1, 0.15) is 11.5 Å². The minimum absolute atomic E-state index is 0.106. The van der Waals surface area contributed by atoms with Gasteiger partial charge in [-0.3, -0.25) is 4.79 Å². The minimum atomic E-state index is -0.277. The quantitative estimate of drug-likeness (QED) is 0.928. The Morgan fingerprint density at radius 2 is 2.06 bits per heavy atom. The Balaban J connectivity index is 2.05. The number of halogens is 2. The van der Waals surface area contributed by atoms with Crippen LogP contribution < -0.4 is 0 Å². The Labute approximate surface area is 113 Å². The Hall–Kier alpha value is -1.62. The average molecular weight is 311 g/mol. The van der Waals surface area contributed by atoms with Gasteiger partial charge in [-0.2, -0.15) is 0 Å². The van der Waals surface area contributed by atoms with E-state index in [0.29, 0.717) is 12.2 Å². The van der Waals surface area contributed by atoms with Crippen molar-refractivity contribution in [1.29, 1.82) is 0 Å². The molecule has 0 aliphatic carbocycles. The van der Waals surface area contributed by atoms with E-state index in [1.165, 1.54) is 12.1 Å². The van der Waals surface area contributed by atoms with Gasteiger partial charge in [0.2, 0.25) is 0 Å². The molecule has 5 heteroatoms. The van der Waals surface area contributed by atoms with Crippen LogP contribution in [0.5, 0.6) is 0 Å². The maximum absolute atomic E-state index is 12.8. The highest BCUT2D eigenvalue weighted by Crippen LogP contribution is 2.13. The number of nitrogens with one attached hydrogen (secondary N) is 1. The second kappa shape index (κ2) is 5.35. The lowest BCUT2D eigenvalue weighted by molar-refractivity contribution is 0.0780. The molecule has 0 saturated heterocycles. The first-order chi connectivity index (χ1) is 8.56. The van der Waals surface area contributed by atoms with Crippen LogP contribution in [0.2, 0.25) is 0 Å². The summed E-state index contributed by atoms with van der Waals surface area (Å²) in [4.78, 5) is 16.5. The summed E-state index contributed by atoms with van der Waals surface area (Å²) in [5, 5.41) is 0. The summed E-state index contributed by atoms with van der Waals surface area (Å²) in [5.41, 5.74) is 1.41. The number of carbonyl (C=O) groups is 1. The lowest BCUT2D eigenvalue weighted by Crippen LogP contribution is -2.26. The van der Waals surface area contributed by atoms with Gasteiger partial charge in [-0.15, -0.1) is 0 Å². The van der Waals surface area contributed by atoms with E-state index in [-0.39, 0.29) is 11.7 Å². The number of aromatic nitrogens is 1. The highest BCUT2D eigenvalue weighted by molar-refractivity contribution is 9.10. The number of hydrogen-bond donors (Lipinski definition) is 1. The van der Waals surface area contributed by atoms with E-state index < -0.39 is 0 Å². The number of carbonyl (C=O) groups excluding carboxylic acids is 1. The van der Waals surface area contributed by atoms with Gasteiger partial charge in [0, 0.05) is 24.3 Å². The predicted molar refractivity (Wildman–Crippen MR) is 70.7 cm³/mol. The van der Waals surface area contributed by atoms with Crippen molar-refractivity contribution in [3.8, 4) is 0 Å². The number of hydrogen-bond acceptors (Lipinski definition) is 1. The van der Waals surface area contributed by atoms with Gasteiger partial charge in [-0.25, -0.2) is 4.39 Å². The van der Waals surface area contributed by atoms with Crippen molar-refractivity contribution in [2.24, 2.45) is 0 Å². The molecule has 0 aliphatic heterocycles. The first-order valence-electron chi connectivity index (χ1n) is 5.40. The summed E-state index contributed by atoms with van der Waals surface area (Å²) in [6, 6.07) is 7.84. The molecule has 2 rings (SSSR count). The van der Waals surface area contributed by atoms with Crippen molar-refractivity contribution in [3.63, 3.8) is 0 Å². The molecule has 3 nitrogen and oxygen atoms in total. The van der Waals surface area contributed by atoms with Gasteiger partial charge in [-0.05, 0) is 39.7 Å². The second-order valence-electron chi connectivity index (χ2n) is 4.02. The third kappa shape index (κ3) is 2.98. The summed E-state index contributed by atoms with van der Waals surface area (Å²) in [5.74, 6) is -0.383. The zero-order valence-corrected chi connectivity index (χ0v) is 11.4. The number of aromatic amines is 1. The molecule has 0 atom stereocenters. The Morgan fingerprint density at radius 3 is 2.61 bits per heavy atom. The third-order valence-corrected chi connectivity index (χ3v) is 3.02. The van der Waals surface area contributed by atoms with Crippen molar-refractivity contribution in [2.45, 2.75) is 6.54 Å². The van der Waals surface area contributed by atoms with Crippen LogP contribution in [0, 0.1) is 5.82 Å². The maximum atomic E-state index is 12.8. The molecule has 1 aromatic carbocycles. The van der Waals surface area contributed by atoms with E-state index >= 15 is 0 Å². The monoisotopic (exact) mass is 310 g/mol. The molecular weight excluding hydrogens is 299 g/mol. The molecule has 1 heterocycles. The molecule has 1 amide bonds. The summed E-state index contributed by atoms with van der Waals surface area (Å²) in [6.07, 6.45) is 1.71. The summed E-state index contributed by atoms with van der Waals surface area (Å²) < 4.78 is 13.6. The van der Waals surface area contributed by atoms with Crippen LogP contribution in [0.3, 0.4) is 0 Å². The molecule has 0 fully saturated rings. The van der Waals surface area contributed by atoms with Crippen molar-refractivity contribution in [1.82, 2.24) is 9.88 Å². The van der Waals surface area contributed by atoms with Gasteiger partial charge in [0.25, 0.3) is 5.91 Å². The maximum Gasteiger partial charge on any atom is 0.270 e. The minimum Gasteiger partial charge on any atom is -0.356 e. The van der Waals surface area contributed by atoms with Crippen LogP contribution in [0.4, 0.5) is 4.39 Å². The highest BCUT2D eigenvalue weighted by Gasteiger charge is 2.13. The van der Waals surface area contributed by atoms with Crippen molar-refractivity contribution in [2.75, 3.05) is 7.05 Å². The van der Waals surface area contributed by atoms with Crippen LogP contribution in [0.15, 0.2) is 41.0 Å². The highest BCUT2D eigenvalue weighted by atomic mass is 79.9. The molecule has 0 aliphatic rings. The summed E-state index contributed by atoms with van der Waals surface area (Å²) in [7, 11) is 1.71. The van der Waals surface area contributed by atoms with E-state index in [1.54, 1.807) is 36.3 Å². The average Bonchev–Trinajstić information content (AvgIpc) is 2.78. The van der Waals surface area contributed by atoms with Crippen LogP contribution >= 0.6 is 15.9 Å². The molecule has 1 aromatic heterocycles. The van der Waals surface area contributed by atoms with Gasteiger partial charge < -0.3 is 9.88 Å². The number of benzene rings is 1. The standard InChI is InChI=1S/C13H12BrFN2O/c1-17(8-9-2-4-11(15)5-3-9)13(18)12-6-10(14)7-16-12/h2-7,16H,8H2,1H3. The first-order valence-corrected chi connectivity index (χ1v) is 6.19. The Kier molecular flexibility index (Phi) is 3.81. The second-order valence-corrected chi connectivity index (χ2v) is 4.93. The molecule has 0 bridgehead atoms. The van der Waals surface area contributed by atoms with E-state index in [4.69, 9.17) is 0 Å². The summed E-state index contributed by atoms with van der Waals surface area (Å²) >= 11 is 3.28. The zero-order chi connectivity index (χ0) is 13.1. The van der Waals surface area contributed by atoms with Gasteiger partial charge in [0.15, 0.2) is 0 Å². The third-order valence-electron chi connectivity index (χ3n) is 2.56. The Bertz CT molecular complexity index is 550. The molecule has 0 radical (unpaired) electrons. The number of nitrogens with zero attached hydrogens (tertiary/aromatic N) is 1. The molecule has 0 saturated carbocycles.